The summed E-state index contributed by atoms with van der Waals surface area (Å²) in [7, 11) is 0. The van der Waals surface area contributed by atoms with Crippen LogP contribution in [0.25, 0.3) is 0 Å². The van der Waals surface area contributed by atoms with Crippen LogP contribution >= 0.6 is 0 Å². The van der Waals surface area contributed by atoms with Gasteiger partial charge >= 0.3 is 5.97 Å². The molecule has 1 N–H and O–H groups in total. The van der Waals surface area contributed by atoms with Gasteiger partial charge in [-0.25, -0.2) is 0 Å². The van der Waals surface area contributed by atoms with Crippen LogP contribution in [0.4, 0.5) is 0 Å². The van der Waals surface area contributed by atoms with E-state index in [1.54, 1.807) is 13.8 Å². The van der Waals surface area contributed by atoms with E-state index in [-0.39, 0.29) is 5.41 Å². The summed E-state index contributed by atoms with van der Waals surface area (Å²) in [6, 6.07) is 0. The highest BCUT2D eigenvalue weighted by Crippen LogP contribution is 2.39. The highest BCUT2D eigenvalue weighted by molar-refractivity contribution is 5.73. The lowest BCUT2D eigenvalue weighted by molar-refractivity contribution is -0.149. The van der Waals surface area contributed by atoms with E-state index in [1.165, 1.54) is 0 Å². The SMILES string of the molecule is C=CC(C)C(C)(C)CC(C)(C)C(=O)O. The number of rotatable bonds is 5. The second-order valence-corrected chi connectivity index (χ2v) is 5.38. The smallest absolute Gasteiger partial charge is 0.309 e. The van der Waals surface area contributed by atoms with E-state index in [1.807, 2.05) is 6.08 Å². The number of hydrogen-bond acceptors (Lipinski definition) is 1. The topological polar surface area (TPSA) is 37.3 Å². The third-order valence-electron chi connectivity index (χ3n) is 3.06. The van der Waals surface area contributed by atoms with Gasteiger partial charge in [0.05, 0.1) is 5.41 Å². The Kier molecular flexibility index (Phi) is 3.92. The molecule has 2 heteroatoms. The molecule has 0 radical (unpaired) electrons. The molecule has 1 unspecified atom stereocenters. The van der Waals surface area contributed by atoms with Crippen molar-refractivity contribution in [2.24, 2.45) is 16.7 Å². The highest BCUT2D eigenvalue weighted by atomic mass is 16.4. The van der Waals surface area contributed by atoms with Gasteiger partial charge in [-0.15, -0.1) is 6.58 Å². The number of carboxylic acids is 1. The molecule has 0 aromatic carbocycles. The van der Waals surface area contributed by atoms with Crippen LogP contribution in [0.15, 0.2) is 12.7 Å². The molecule has 82 valence electrons. The van der Waals surface area contributed by atoms with Crippen molar-refractivity contribution in [3.63, 3.8) is 0 Å². The van der Waals surface area contributed by atoms with Crippen LogP contribution in [0.3, 0.4) is 0 Å². The fourth-order valence-electron chi connectivity index (χ4n) is 1.69. The summed E-state index contributed by atoms with van der Waals surface area (Å²) in [5, 5.41) is 9.03. The van der Waals surface area contributed by atoms with Gasteiger partial charge < -0.3 is 5.11 Å². The average Bonchev–Trinajstić information content (AvgIpc) is 2.00. The van der Waals surface area contributed by atoms with Crippen LogP contribution in [0.1, 0.15) is 41.0 Å². The second-order valence-electron chi connectivity index (χ2n) is 5.38. The Labute approximate surface area is 87.0 Å². The normalized spacial score (nSPS) is 14.9. The zero-order valence-corrected chi connectivity index (χ0v) is 9.92. The Bertz CT molecular complexity index is 226. The van der Waals surface area contributed by atoms with E-state index in [9.17, 15) is 4.79 Å². The molecule has 0 heterocycles. The minimum atomic E-state index is -0.734. The molecular weight excluding hydrogens is 176 g/mol. The summed E-state index contributed by atoms with van der Waals surface area (Å²) in [5.74, 6) is -0.414. The maximum absolute atomic E-state index is 11.0. The molecule has 0 saturated carbocycles. The monoisotopic (exact) mass is 198 g/mol. The minimum Gasteiger partial charge on any atom is -0.481 e. The van der Waals surface area contributed by atoms with E-state index in [0.717, 1.165) is 0 Å². The van der Waals surface area contributed by atoms with Gasteiger partial charge in [-0.1, -0.05) is 26.8 Å². The fraction of sp³-hybridized carbons (Fsp3) is 0.750. The highest BCUT2D eigenvalue weighted by Gasteiger charge is 2.36. The van der Waals surface area contributed by atoms with Gasteiger partial charge in [0, 0.05) is 0 Å². The number of allylic oxidation sites excluding steroid dienone is 1. The van der Waals surface area contributed by atoms with E-state index in [0.29, 0.717) is 12.3 Å². The van der Waals surface area contributed by atoms with Gasteiger partial charge in [-0.05, 0) is 31.6 Å². The van der Waals surface area contributed by atoms with Gasteiger partial charge in [0.15, 0.2) is 0 Å². The van der Waals surface area contributed by atoms with Crippen molar-refractivity contribution in [1.82, 2.24) is 0 Å². The van der Waals surface area contributed by atoms with Crippen LogP contribution in [0, 0.1) is 16.7 Å². The summed E-state index contributed by atoms with van der Waals surface area (Å²) in [6.45, 7) is 13.5. The molecule has 0 rings (SSSR count). The molecule has 14 heavy (non-hydrogen) atoms. The first-order valence-electron chi connectivity index (χ1n) is 4.99. The van der Waals surface area contributed by atoms with Crippen LogP contribution in [-0.2, 0) is 4.79 Å². The maximum atomic E-state index is 11.0. The molecule has 0 aliphatic heterocycles. The van der Waals surface area contributed by atoms with Crippen molar-refractivity contribution in [2.45, 2.75) is 41.0 Å². The summed E-state index contributed by atoms with van der Waals surface area (Å²) in [6.07, 6.45) is 2.54. The van der Waals surface area contributed by atoms with Gasteiger partial charge in [0.2, 0.25) is 0 Å². The lowest BCUT2D eigenvalue weighted by Gasteiger charge is -2.35. The molecule has 0 spiro atoms. The molecule has 2 nitrogen and oxygen atoms in total. The van der Waals surface area contributed by atoms with Crippen LogP contribution < -0.4 is 0 Å². The van der Waals surface area contributed by atoms with Gasteiger partial charge in [0.25, 0.3) is 0 Å². The molecule has 0 aliphatic carbocycles. The zero-order valence-electron chi connectivity index (χ0n) is 9.92. The van der Waals surface area contributed by atoms with Gasteiger partial charge in [-0.3, -0.25) is 4.79 Å². The van der Waals surface area contributed by atoms with E-state index < -0.39 is 11.4 Å². The molecule has 0 aromatic heterocycles. The minimum absolute atomic E-state index is 0.0242. The quantitative estimate of drug-likeness (QED) is 0.688. The standard InChI is InChI=1S/C12H22O2/c1-7-9(2)11(3,4)8-12(5,6)10(13)14/h7,9H,1,8H2,2-6H3,(H,13,14). The predicted octanol–water partition coefficient (Wildman–Crippen LogP) is 3.34. The number of hydrogen-bond donors (Lipinski definition) is 1. The van der Waals surface area contributed by atoms with Gasteiger partial charge in [-0.2, -0.15) is 0 Å². The van der Waals surface area contributed by atoms with E-state index in [2.05, 4.69) is 27.4 Å². The Morgan fingerprint density at radius 3 is 2.14 bits per heavy atom. The average molecular weight is 198 g/mol. The summed E-state index contributed by atoms with van der Waals surface area (Å²) in [5.41, 5.74) is -0.690. The zero-order chi connectivity index (χ0) is 11.6. The van der Waals surface area contributed by atoms with Crippen molar-refractivity contribution in [3.8, 4) is 0 Å². The summed E-state index contributed by atoms with van der Waals surface area (Å²) in [4.78, 5) is 11.0. The van der Waals surface area contributed by atoms with Crippen LogP contribution in [0.2, 0.25) is 0 Å². The lowest BCUT2D eigenvalue weighted by Crippen LogP contribution is -2.33. The third-order valence-corrected chi connectivity index (χ3v) is 3.06. The first kappa shape index (κ1) is 13.2. The molecule has 0 saturated heterocycles. The predicted molar refractivity (Wildman–Crippen MR) is 59.2 cm³/mol. The largest absolute Gasteiger partial charge is 0.481 e. The lowest BCUT2D eigenvalue weighted by atomic mass is 9.69. The van der Waals surface area contributed by atoms with Gasteiger partial charge in [0.1, 0.15) is 0 Å². The molecule has 0 aliphatic rings. The third kappa shape index (κ3) is 3.17. The van der Waals surface area contributed by atoms with Crippen molar-refractivity contribution in [3.05, 3.63) is 12.7 Å². The molecule has 0 fully saturated rings. The maximum Gasteiger partial charge on any atom is 0.309 e. The van der Waals surface area contributed by atoms with Crippen molar-refractivity contribution < 1.29 is 9.90 Å². The van der Waals surface area contributed by atoms with Crippen LogP contribution in [-0.4, -0.2) is 11.1 Å². The second kappa shape index (κ2) is 4.16. The first-order valence-corrected chi connectivity index (χ1v) is 4.99. The summed E-state index contributed by atoms with van der Waals surface area (Å²) < 4.78 is 0. The van der Waals surface area contributed by atoms with E-state index in [4.69, 9.17) is 5.11 Å². The Morgan fingerprint density at radius 2 is 1.86 bits per heavy atom. The summed E-state index contributed by atoms with van der Waals surface area (Å²) >= 11 is 0. The molecule has 0 aromatic rings. The molecule has 1 atom stereocenters. The number of aliphatic carboxylic acids is 1. The van der Waals surface area contributed by atoms with E-state index >= 15 is 0 Å². The number of carbonyl (C=O) groups is 1. The Morgan fingerprint density at radius 1 is 1.43 bits per heavy atom. The Hall–Kier alpha value is -0.790. The van der Waals surface area contributed by atoms with Crippen LogP contribution in [0.5, 0.6) is 0 Å². The molecule has 0 amide bonds. The molecule has 0 bridgehead atoms. The van der Waals surface area contributed by atoms with Crippen molar-refractivity contribution in [1.29, 1.82) is 0 Å². The fourth-order valence-corrected chi connectivity index (χ4v) is 1.69. The van der Waals surface area contributed by atoms with Crippen molar-refractivity contribution in [2.75, 3.05) is 0 Å². The first-order chi connectivity index (χ1) is 6.13. The number of carboxylic acid groups (broad SMARTS) is 1. The Balaban J connectivity index is 4.65. The molecular formula is C12H22O2. The van der Waals surface area contributed by atoms with Crippen molar-refractivity contribution >= 4 is 5.97 Å².